The molecule has 0 aromatic carbocycles. The molecule has 0 bridgehead atoms. The molecule has 7 heteroatoms. The van der Waals surface area contributed by atoms with Crippen molar-refractivity contribution in [2.75, 3.05) is 6.61 Å². The normalized spacial score (nSPS) is 16.5. The topological polar surface area (TPSA) is 38.7 Å². The van der Waals surface area contributed by atoms with E-state index in [-0.39, 0.29) is 12.7 Å². The van der Waals surface area contributed by atoms with Crippen LogP contribution in [0.15, 0.2) is 12.7 Å². The van der Waals surface area contributed by atoms with Crippen LogP contribution in [0.1, 0.15) is 6.92 Å². The number of aliphatic hydroxyl groups is 1. The Morgan fingerprint density at radius 3 is 2.33 bits per heavy atom. The molecule has 0 aliphatic heterocycles. The van der Waals surface area contributed by atoms with E-state index in [1.807, 2.05) is 0 Å². The first-order chi connectivity index (χ1) is 6.85. The number of rotatable bonds is 7. The van der Waals surface area contributed by atoms with Crippen molar-refractivity contribution in [1.29, 1.82) is 0 Å². The van der Waals surface area contributed by atoms with Crippen LogP contribution in [-0.4, -0.2) is 36.6 Å². The first-order valence-electron chi connectivity index (χ1n) is 4.09. The molecule has 0 aliphatic rings. The van der Waals surface area contributed by atoms with Crippen LogP contribution in [0.25, 0.3) is 0 Å². The number of alkyl halides is 4. The number of hydrogen-bond donors (Lipinski definition) is 1. The Hall–Kier alpha value is -0.660. The molecule has 90 valence electrons. The quantitative estimate of drug-likeness (QED) is 0.413. The summed E-state index contributed by atoms with van der Waals surface area (Å²) in [6, 6.07) is 0. The first kappa shape index (κ1) is 14.3. The molecule has 3 nitrogen and oxygen atoms in total. The Morgan fingerprint density at radius 2 is 2.00 bits per heavy atom. The van der Waals surface area contributed by atoms with Gasteiger partial charge in [0.05, 0.1) is 0 Å². The van der Waals surface area contributed by atoms with E-state index in [1.54, 1.807) is 0 Å². The van der Waals surface area contributed by atoms with Crippen molar-refractivity contribution in [2.24, 2.45) is 0 Å². The maximum atomic E-state index is 12.9. The fraction of sp³-hybridized carbons (Fsp3) is 0.750. The summed E-state index contributed by atoms with van der Waals surface area (Å²) >= 11 is 0. The molecule has 0 radical (unpaired) electrons. The summed E-state index contributed by atoms with van der Waals surface area (Å²) in [7, 11) is 0. The highest BCUT2D eigenvalue weighted by Gasteiger charge is 2.41. The molecular weight excluding hydrogens is 220 g/mol. The second-order valence-corrected chi connectivity index (χ2v) is 2.53. The SMILES string of the molecule is C=CC(F)(F)C(OCC)OC(O)C(F)F. The minimum atomic E-state index is -3.65. The number of ether oxygens (including phenoxy) is 2. The highest BCUT2D eigenvalue weighted by Crippen LogP contribution is 2.25. The molecule has 0 aromatic rings. The molecule has 0 heterocycles. The summed E-state index contributed by atoms with van der Waals surface area (Å²) in [5, 5.41) is 8.56. The van der Waals surface area contributed by atoms with Crippen molar-refractivity contribution in [3.05, 3.63) is 12.7 Å². The van der Waals surface area contributed by atoms with E-state index in [1.165, 1.54) is 6.92 Å². The van der Waals surface area contributed by atoms with Gasteiger partial charge in [0.1, 0.15) is 0 Å². The Labute approximate surface area is 84.3 Å². The zero-order valence-electron chi connectivity index (χ0n) is 8.00. The molecule has 0 amide bonds. The summed E-state index contributed by atoms with van der Waals surface area (Å²) in [5.74, 6) is -3.65. The second-order valence-electron chi connectivity index (χ2n) is 2.53. The average molecular weight is 232 g/mol. The molecule has 0 saturated heterocycles. The maximum Gasteiger partial charge on any atom is 0.316 e. The van der Waals surface area contributed by atoms with E-state index >= 15 is 0 Å². The van der Waals surface area contributed by atoms with Gasteiger partial charge in [0.15, 0.2) is 0 Å². The standard InChI is InChI=1S/C8H12F4O3/c1-3-8(11,12)7(14-4-2)15-6(13)5(9)10/h3,5-7,13H,1,4H2,2H3. The fourth-order valence-corrected chi connectivity index (χ4v) is 0.675. The van der Waals surface area contributed by atoms with Gasteiger partial charge < -0.3 is 14.6 Å². The van der Waals surface area contributed by atoms with Crippen molar-refractivity contribution in [2.45, 2.75) is 31.9 Å². The smallest absolute Gasteiger partial charge is 0.316 e. The van der Waals surface area contributed by atoms with Crippen molar-refractivity contribution < 1.29 is 32.1 Å². The van der Waals surface area contributed by atoms with E-state index in [0.717, 1.165) is 0 Å². The molecule has 0 aliphatic carbocycles. The van der Waals surface area contributed by atoms with Gasteiger partial charge in [0.2, 0.25) is 12.6 Å². The van der Waals surface area contributed by atoms with Crippen LogP contribution < -0.4 is 0 Å². The molecule has 0 rings (SSSR count). The van der Waals surface area contributed by atoms with Gasteiger partial charge >= 0.3 is 5.92 Å². The third-order valence-electron chi connectivity index (χ3n) is 1.38. The van der Waals surface area contributed by atoms with Gasteiger partial charge in [-0.3, -0.25) is 0 Å². The maximum absolute atomic E-state index is 12.9. The van der Waals surface area contributed by atoms with Gasteiger partial charge in [-0.05, 0) is 13.0 Å². The minimum Gasteiger partial charge on any atom is -0.363 e. The van der Waals surface area contributed by atoms with Crippen LogP contribution in [-0.2, 0) is 9.47 Å². The van der Waals surface area contributed by atoms with Gasteiger partial charge in [-0.25, -0.2) is 8.78 Å². The van der Waals surface area contributed by atoms with Gasteiger partial charge in [-0.15, -0.1) is 0 Å². The molecule has 2 atom stereocenters. The Balaban J connectivity index is 4.46. The van der Waals surface area contributed by atoms with Gasteiger partial charge in [-0.1, -0.05) is 6.58 Å². The Morgan fingerprint density at radius 1 is 1.47 bits per heavy atom. The number of hydrogen-bond acceptors (Lipinski definition) is 3. The third-order valence-corrected chi connectivity index (χ3v) is 1.38. The first-order valence-corrected chi connectivity index (χ1v) is 4.09. The lowest BCUT2D eigenvalue weighted by Gasteiger charge is -2.25. The third kappa shape index (κ3) is 4.59. The minimum absolute atomic E-state index is 0.177. The van der Waals surface area contributed by atoms with Crippen molar-refractivity contribution in [3.63, 3.8) is 0 Å². The van der Waals surface area contributed by atoms with Crippen LogP contribution in [0.2, 0.25) is 0 Å². The van der Waals surface area contributed by atoms with Crippen LogP contribution >= 0.6 is 0 Å². The highest BCUT2D eigenvalue weighted by molar-refractivity contribution is 4.90. The van der Waals surface area contributed by atoms with E-state index in [2.05, 4.69) is 16.1 Å². The van der Waals surface area contributed by atoms with Gasteiger partial charge in [0.25, 0.3) is 6.43 Å². The van der Waals surface area contributed by atoms with Crippen molar-refractivity contribution in [3.8, 4) is 0 Å². The molecule has 0 saturated carbocycles. The lowest BCUT2D eigenvalue weighted by atomic mass is 10.3. The summed E-state index contributed by atoms with van der Waals surface area (Å²) in [4.78, 5) is 0. The van der Waals surface area contributed by atoms with E-state index in [0.29, 0.717) is 0 Å². The van der Waals surface area contributed by atoms with Crippen molar-refractivity contribution in [1.82, 2.24) is 0 Å². The predicted molar refractivity (Wildman–Crippen MR) is 43.7 cm³/mol. The lowest BCUT2D eigenvalue weighted by Crippen LogP contribution is -2.41. The largest absolute Gasteiger partial charge is 0.363 e. The summed E-state index contributed by atoms with van der Waals surface area (Å²) in [6.07, 6.45) is -7.98. The molecule has 0 aromatic heterocycles. The number of halogens is 4. The summed E-state index contributed by atoms with van der Waals surface area (Å²) in [5.41, 5.74) is 0. The van der Waals surface area contributed by atoms with E-state index in [9.17, 15) is 17.6 Å². The van der Waals surface area contributed by atoms with Gasteiger partial charge in [-0.2, -0.15) is 8.78 Å². The lowest BCUT2D eigenvalue weighted by molar-refractivity contribution is -0.310. The van der Waals surface area contributed by atoms with Crippen LogP contribution in [0.3, 0.4) is 0 Å². The fourth-order valence-electron chi connectivity index (χ4n) is 0.675. The van der Waals surface area contributed by atoms with Crippen LogP contribution in [0, 0.1) is 0 Å². The van der Waals surface area contributed by atoms with E-state index < -0.39 is 24.9 Å². The summed E-state index contributed by atoms with van der Waals surface area (Å²) in [6.45, 7) is 4.01. The van der Waals surface area contributed by atoms with Gasteiger partial charge in [0, 0.05) is 6.61 Å². The average Bonchev–Trinajstić information content (AvgIpc) is 2.16. The van der Waals surface area contributed by atoms with Crippen molar-refractivity contribution >= 4 is 0 Å². The Bertz CT molecular complexity index is 198. The molecule has 0 fully saturated rings. The van der Waals surface area contributed by atoms with E-state index in [4.69, 9.17) is 5.11 Å². The zero-order valence-corrected chi connectivity index (χ0v) is 8.00. The monoisotopic (exact) mass is 232 g/mol. The zero-order chi connectivity index (χ0) is 12.1. The summed E-state index contributed by atoms with van der Waals surface area (Å²) < 4.78 is 57.8. The van der Waals surface area contributed by atoms with Crippen LogP contribution in [0.5, 0.6) is 0 Å². The second kappa shape index (κ2) is 6.04. The molecule has 0 spiro atoms. The molecule has 15 heavy (non-hydrogen) atoms. The molecule has 2 unspecified atom stereocenters. The predicted octanol–water partition coefficient (Wildman–Crippen LogP) is 1.77. The number of aliphatic hydroxyl groups excluding tert-OH is 1. The molecular formula is C8H12F4O3. The highest BCUT2D eigenvalue weighted by atomic mass is 19.3. The Kier molecular flexibility index (Phi) is 5.77. The molecule has 1 N–H and O–H groups in total. The van der Waals surface area contributed by atoms with Crippen LogP contribution in [0.4, 0.5) is 17.6 Å².